The van der Waals surface area contributed by atoms with Crippen molar-refractivity contribution in [1.82, 2.24) is 20.4 Å². The first-order chi connectivity index (χ1) is 23.6. The first kappa shape index (κ1) is 47.8. The summed E-state index contributed by atoms with van der Waals surface area (Å²) in [4.78, 5) is 59.3. The Kier molecular flexibility index (Phi) is 27.2. The van der Waals surface area contributed by atoms with Crippen LogP contribution in [0.4, 0.5) is 9.59 Å². The lowest BCUT2D eigenvalue weighted by molar-refractivity contribution is -0.144. The number of benzene rings is 1. The van der Waals surface area contributed by atoms with E-state index in [1.807, 2.05) is 48.2 Å². The number of hydrogen-bond acceptors (Lipinski definition) is 8. The van der Waals surface area contributed by atoms with E-state index in [9.17, 15) is 24.0 Å². The van der Waals surface area contributed by atoms with Crippen LogP contribution >= 0.6 is 0 Å². The molecule has 1 aromatic rings. The van der Waals surface area contributed by atoms with Crippen molar-refractivity contribution in [2.75, 3.05) is 33.8 Å². The molecule has 2 rings (SSSR count). The number of carbonyl (C=O) groups is 5. The summed E-state index contributed by atoms with van der Waals surface area (Å²) in [5.74, 6) is 0.0962. The molecule has 4 amide bonds. The minimum absolute atomic E-state index is 0.00593. The molecule has 0 bridgehead atoms. The van der Waals surface area contributed by atoms with E-state index in [0.29, 0.717) is 31.9 Å². The van der Waals surface area contributed by atoms with Crippen molar-refractivity contribution in [1.29, 1.82) is 0 Å². The quantitative estimate of drug-likeness (QED) is 0.0721. The van der Waals surface area contributed by atoms with E-state index in [0.717, 1.165) is 37.8 Å². The van der Waals surface area contributed by atoms with Crippen LogP contribution in [0, 0.1) is 5.92 Å². The average molecular weight is 705 g/mol. The van der Waals surface area contributed by atoms with Crippen LogP contribution in [0.2, 0.25) is 0 Å². The highest BCUT2D eigenvalue weighted by Crippen LogP contribution is 2.22. The number of esters is 1. The van der Waals surface area contributed by atoms with Crippen molar-refractivity contribution in [3.05, 3.63) is 61.2 Å². The topological polar surface area (TPSA) is 144 Å². The first-order valence-electron chi connectivity index (χ1n) is 17.3. The van der Waals surface area contributed by atoms with Crippen LogP contribution in [-0.2, 0) is 35.2 Å². The summed E-state index contributed by atoms with van der Waals surface area (Å²) in [5, 5.41) is 4.93. The number of likely N-dealkylation sites (N-methyl/N-ethyl adjacent to an activating group) is 1. The van der Waals surface area contributed by atoms with Gasteiger partial charge in [0.15, 0.2) is 0 Å². The molecule has 284 valence electrons. The fourth-order valence-corrected chi connectivity index (χ4v) is 4.44. The Morgan fingerprint density at radius 2 is 1.68 bits per heavy atom. The zero-order valence-electron chi connectivity index (χ0n) is 32.0. The number of hydrogen-bond donors (Lipinski definition) is 2. The molecule has 2 unspecified atom stereocenters. The van der Waals surface area contributed by atoms with Crippen LogP contribution in [0.25, 0.3) is 0 Å². The maximum Gasteiger partial charge on any atom is 0.410 e. The number of methoxy groups -OCH3 is 1. The number of unbranched alkanes of at least 4 members (excludes halogenated alkanes) is 2. The summed E-state index contributed by atoms with van der Waals surface area (Å²) in [6, 6.07) is 9.33. The Hall–Kier alpha value is -4.35. The molecule has 12 heteroatoms. The number of nitrogens with zero attached hydrogens (tertiary/aromatic N) is 2. The van der Waals surface area contributed by atoms with Gasteiger partial charge in [-0.3, -0.25) is 9.59 Å². The Morgan fingerprint density at radius 3 is 2.16 bits per heavy atom. The molecule has 1 heterocycles. The maximum atomic E-state index is 11.9. The van der Waals surface area contributed by atoms with Crippen molar-refractivity contribution in [3.63, 3.8) is 0 Å². The first-order valence-corrected chi connectivity index (χ1v) is 17.3. The molecule has 3 atom stereocenters. The van der Waals surface area contributed by atoms with E-state index < -0.39 is 23.7 Å². The molecule has 1 aliphatic rings. The second-order valence-corrected chi connectivity index (χ2v) is 12.9. The number of alkyl carbamates (subject to hydrolysis) is 1. The van der Waals surface area contributed by atoms with Gasteiger partial charge in [-0.2, -0.15) is 0 Å². The van der Waals surface area contributed by atoms with Gasteiger partial charge in [-0.05, 0) is 64.9 Å². The summed E-state index contributed by atoms with van der Waals surface area (Å²) in [6.45, 7) is 22.5. The van der Waals surface area contributed by atoms with Gasteiger partial charge in [0.2, 0.25) is 12.3 Å². The molecular formula is C38H64N4O8. The lowest BCUT2D eigenvalue weighted by Gasteiger charge is -2.23. The third-order valence-corrected chi connectivity index (χ3v) is 6.71. The SMILES string of the molecule is C=CCCCC[C@H](NC=O)C(=O)OC.C=CCN(C)C(=O)OCc1ccccc1.CC1CC(C)N(C(=O)CNC(=O)OC(C)(C)C)C1.CCC. The van der Waals surface area contributed by atoms with Crippen LogP contribution in [0.1, 0.15) is 92.6 Å². The largest absolute Gasteiger partial charge is 0.467 e. The summed E-state index contributed by atoms with van der Waals surface area (Å²) in [5.41, 5.74) is 0.445. The molecule has 0 saturated carbocycles. The maximum absolute atomic E-state index is 11.9. The summed E-state index contributed by atoms with van der Waals surface area (Å²) in [7, 11) is 2.99. The molecule has 0 radical (unpaired) electrons. The molecule has 0 aliphatic carbocycles. The minimum atomic E-state index is -0.546. The highest BCUT2D eigenvalue weighted by Gasteiger charge is 2.30. The molecule has 0 aromatic heterocycles. The van der Waals surface area contributed by atoms with Crippen LogP contribution in [0.3, 0.4) is 0 Å². The van der Waals surface area contributed by atoms with E-state index >= 15 is 0 Å². The second-order valence-electron chi connectivity index (χ2n) is 12.9. The van der Waals surface area contributed by atoms with Crippen molar-refractivity contribution >= 4 is 30.5 Å². The van der Waals surface area contributed by atoms with E-state index in [-0.39, 0.29) is 24.6 Å². The van der Waals surface area contributed by atoms with Gasteiger partial charge in [0, 0.05) is 26.2 Å². The number of likely N-dealkylation sites (tertiary alicyclic amines) is 1. The summed E-state index contributed by atoms with van der Waals surface area (Å²) >= 11 is 0. The Morgan fingerprint density at radius 1 is 1.06 bits per heavy atom. The fraction of sp³-hybridized carbons (Fsp3) is 0.605. The zero-order chi connectivity index (χ0) is 38.5. The fourth-order valence-electron chi connectivity index (χ4n) is 4.44. The van der Waals surface area contributed by atoms with Gasteiger partial charge in [-0.15, -0.1) is 13.2 Å². The second kappa shape index (κ2) is 28.5. The van der Waals surface area contributed by atoms with E-state index in [2.05, 4.69) is 49.3 Å². The number of ether oxygens (including phenoxy) is 3. The van der Waals surface area contributed by atoms with E-state index in [4.69, 9.17) is 9.47 Å². The van der Waals surface area contributed by atoms with Crippen LogP contribution in [0.5, 0.6) is 0 Å². The smallest absolute Gasteiger partial charge is 0.410 e. The van der Waals surface area contributed by atoms with Crippen LogP contribution < -0.4 is 10.6 Å². The van der Waals surface area contributed by atoms with Gasteiger partial charge < -0.3 is 34.6 Å². The van der Waals surface area contributed by atoms with Gasteiger partial charge >= 0.3 is 18.2 Å². The van der Waals surface area contributed by atoms with Crippen LogP contribution in [0.15, 0.2) is 55.6 Å². The normalized spacial score (nSPS) is 15.0. The van der Waals surface area contributed by atoms with Gasteiger partial charge in [-0.1, -0.05) is 76.1 Å². The third kappa shape index (κ3) is 24.7. The van der Waals surface area contributed by atoms with Crippen molar-refractivity contribution in [3.8, 4) is 0 Å². The van der Waals surface area contributed by atoms with Gasteiger partial charge in [-0.25, -0.2) is 14.4 Å². The molecule has 2 N–H and O–H groups in total. The number of rotatable bonds is 14. The lowest BCUT2D eigenvalue weighted by Crippen LogP contribution is -2.43. The lowest BCUT2D eigenvalue weighted by atomic mass is 10.1. The Bertz CT molecular complexity index is 1120. The van der Waals surface area contributed by atoms with Crippen LogP contribution in [-0.4, -0.2) is 91.7 Å². The van der Waals surface area contributed by atoms with Gasteiger partial charge in [0.1, 0.15) is 24.8 Å². The highest BCUT2D eigenvalue weighted by molar-refractivity contribution is 5.82. The standard InChI is InChI=1S/C13H24N2O3.C12H15NO2.C10H17NO3.C3H8/c1-9-6-10(2)15(8-9)11(16)7-14-12(17)18-13(3,4)5;1-3-9-13(2)12(14)15-10-11-7-5-4-6-8-11;1-3-4-5-6-7-9(11-8-12)10(13)14-2;1-3-2/h9-10H,6-8H2,1-5H3,(H,14,17);3-8H,1,9-10H2,2H3;3,8-9H,1,4-7H2,2H3,(H,11,12);3H2,1-2H3/t;;9-;/m..0./s1. The molecule has 0 spiro atoms. The average Bonchev–Trinajstić information content (AvgIpc) is 3.41. The minimum Gasteiger partial charge on any atom is -0.467 e. The van der Waals surface area contributed by atoms with Crippen molar-refractivity contribution in [2.45, 2.75) is 111 Å². The predicted molar refractivity (Wildman–Crippen MR) is 198 cm³/mol. The molecule has 1 aromatic carbocycles. The molecular weight excluding hydrogens is 640 g/mol. The zero-order valence-corrected chi connectivity index (χ0v) is 32.0. The third-order valence-electron chi connectivity index (χ3n) is 6.71. The molecule has 12 nitrogen and oxygen atoms in total. The Balaban J connectivity index is 0. The van der Waals surface area contributed by atoms with Gasteiger partial charge in [0.25, 0.3) is 0 Å². The molecule has 1 fully saturated rings. The highest BCUT2D eigenvalue weighted by atomic mass is 16.6. The predicted octanol–water partition coefficient (Wildman–Crippen LogP) is 6.65. The molecule has 1 saturated heterocycles. The van der Waals surface area contributed by atoms with E-state index in [1.165, 1.54) is 18.4 Å². The number of nitrogens with one attached hydrogen (secondary N) is 2. The van der Waals surface area contributed by atoms with Gasteiger partial charge in [0.05, 0.1) is 7.11 Å². The number of allylic oxidation sites excluding steroid dienone is 1. The molecule has 50 heavy (non-hydrogen) atoms. The number of carbonyl (C=O) groups excluding carboxylic acids is 5. The summed E-state index contributed by atoms with van der Waals surface area (Å²) in [6.07, 6.45) is 8.78. The monoisotopic (exact) mass is 704 g/mol. The molecule has 1 aliphatic heterocycles. The van der Waals surface area contributed by atoms with Crippen molar-refractivity contribution < 1.29 is 38.2 Å². The summed E-state index contributed by atoms with van der Waals surface area (Å²) < 4.78 is 14.7. The van der Waals surface area contributed by atoms with E-state index in [1.54, 1.807) is 33.9 Å². The van der Waals surface area contributed by atoms with Crippen molar-refractivity contribution in [2.24, 2.45) is 5.92 Å². The number of amides is 4. The Labute approximate surface area is 301 Å².